The summed E-state index contributed by atoms with van der Waals surface area (Å²) in [5, 5.41) is 14.8. The predicted octanol–water partition coefficient (Wildman–Crippen LogP) is 5.98. The van der Waals surface area contributed by atoms with Crippen molar-refractivity contribution in [1.82, 2.24) is 29.6 Å². The third kappa shape index (κ3) is 4.77. The minimum atomic E-state index is -1.03. The summed E-state index contributed by atoms with van der Waals surface area (Å²) in [6, 6.07) is 9.25. The molecular weight excluding hydrogens is 622 g/mol. The summed E-state index contributed by atoms with van der Waals surface area (Å²) < 4.78 is 17.6. The van der Waals surface area contributed by atoms with E-state index in [1.165, 1.54) is 34.5 Å². The summed E-state index contributed by atoms with van der Waals surface area (Å²) in [6.07, 6.45) is 6.50. The van der Waals surface area contributed by atoms with Crippen LogP contribution in [0.1, 0.15) is 30.3 Å². The van der Waals surface area contributed by atoms with E-state index in [2.05, 4.69) is 49.8 Å². The van der Waals surface area contributed by atoms with Gasteiger partial charge in [-0.15, -0.1) is 11.3 Å². The van der Waals surface area contributed by atoms with Crippen molar-refractivity contribution in [2.45, 2.75) is 38.0 Å². The molecule has 13 heteroatoms. The highest BCUT2D eigenvalue weighted by Gasteiger charge is 2.43. The number of carbonyl (C=O) groups excluding carboxylic acids is 1. The van der Waals surface area contributed by atoms with Crippen molar-refractivity contribution < 1.29 is 9.18 Å². The van der Waals surface area contributed by atoms with Crippen LogP contribution in [0.25, 0.3) is 22.0 Å². The average Bonchev–Trinajstić information content (AvgIpc) is 3.81. The predicted molar refractivity (Wildman–Crippen MR) is 172 cm³/mol. The SMILES string of the molecule is O=C(Nc1nccs1)C(c1ncn2c1C[C@@H](F)C2)n1cc2c(Cl)cc(-c3ccc(N4CC5(CCNCC5)C4)cc3)c(Cl)c2n1. The molecule has 2 aromatic carbocycles. The Morgan fingerprint density at radius 3 is 2.70 bits per heavy atom. The number of halogens is 3. The number of fused-ring (bicyclic) bond motifs is 2. The highest BCUT2D eigenvalue weighted by molar-refractivity contribution is 7.13. The molecule has 3 aliphatic heterocycles. The lowest BCUT2D eigenvalue weighted by molar-refractivity contribution is -0.118. The molecule has 3 aliphatic rings. The molecule has 5 aromatic rings. The molecule has 8 rings (SSSR count). The molecule has 3 aromatic heterocycles. The van der Waals surface area contributed by atoms with Gasteiger partial charge in [0.05, 0.1) is 28.6 Å². The van der Waals surface area contributed by atoms with Crippen molar-refractivity contribution in [2.75, 3.05) is 36.4 Å². The van der Waals surface area contributed by atoms with E-state index >= 15 is 0 Å². The third-order valence-corrected chi connectivity index (χ3v) is 10.6. The van der Waals surface area contributed by atoms with Gasteiger partial charge >= 0.3 is 0 Å². The maximum absolute atomic E-state index is 14.3. The van der Waals surface area contributed by atoms with Gasteiger partial charge in [-0.2, -0.15) is 5.10 Å². The second-order valence-electron chi connectivity index (χ2n) is 12.0. The Balaban J connectivity index is 1.12. The van der Waals surface area contributed by atoms with Gasteiger partial charge in [0.25, 0.3) is 5.91 Å². The number of nitrogens with zero attached hydrogens (tertiary/aromatic N) is 6. The van der Waals surface area contributed by atoms with Crippen molar-refractivity contribution in [1.29, 1.82) is 0 Å². The van der Waals surface area contributed by atoms with Gasteiger partial charge < -0.3 is 14.8 Å². The van der Waals surface area contributed by atoms with Crippen molar-refractivity contribution in [3.63, 3.8) is 0 Å². The molecule has 226 valence electrons. The highest BCUT2D eigenvalue weighted by atomic mass is 35.5. The van der Waals surface area contributed by atoms with Gasteiger partial charge in [0.15, 0.2) is 11.2 Å². The monoisotopic (exact) mass is 650 g/mol. The number of carbonyl (C=O) groups is 1. The number of imidazole rings is 1. The Kier molecular flexibility index (Phi) is 6.89. The van der Waals surface area contributed by atoms with E-state index in [1.54, 1.807) is 28.7 Å². The first-order valence-electron chi connectivity index (χ1n) is 14.7. The van der Waals surface area contributed by atoms with Crippen LogP contribution in [-0.2, 0) is 17.8 Å². The van der Waals surface area contributed by atoms with Crippen LogP contribution < -0.4 is 15.5 Å². The fourth-order valence-corrected chi connectivity index (χ4v) is 7.97. The number of hydrogen-bond acceptors (Lipinski definition) is 7. The lowest BCUT2D eigenvalue weighted by Crippen LogP contribution is -2.60. The van der Waals surface area contributed by atoms with Gasteiger partial charge in [0.1, 0.15) is 11.7 Å². The number of alkyl halides is 1. The standard InChI is InChI=1S/C31H29Cl2FN8OS/c32-23-12-21(18-1-3-20(4-2-18)41-15-31(16-41)5-7-35-8-6-31)25(33)26-22(23)14-42(39-26)28(29(43)38-30-36-9-10-44-30)27-24-11-19(34)13-40(24)17-37-27/h1-4,9-10,12,14,17,19,28,35H,5-8,11,13,15-16H2,(H,36,38,43)/t19-,28?/m1/s1. The van der Waals surface area contributed by atoms with Crippen LogP contribution in [-0.4, -0.2) is 62.6 Å². The first kappa shape index (κ1) is 28.0. The highest BCUT2D eigenvalue weighted by Crippen LogP contribution is 2.43. The molecular formula is C31H29Cl2FN8OS. The molecule has 1 spiro atoms. The number of aromatic nitrogens is 5. The van der Waals surface area contributed by atoms with Crippen molar-refractivity contribution in [3.8, 4) is 11.1 Å². The fraction of sp³-hybridized carbons (Fsp3) is 0.355. The van der Waals surface area contributed by atoms with Crippen LogP contribution in [0.15, 0.2) is 54.4 Å². The quantitative estimate of drug-likeness (QED) is 0.235. The first-order chi connectivity index (χ1) is 21.4. The summed E-state index contributed by atoms with van der Waals surface area (Å²) in [5.74, 6) is -0.392. The number of thiazole rings is 1. The van der Waals surface area contributed by atoms with E-state index in [0.717, 1.165) is 37.3 Å². The molecule has 6 heterocycles. The van der Waals surface area contributed by atoms with Gasteiger partial charge in [0.2, 0.25) is 0 Å². The van der Waals surface area contributed by atoms with Crippen LogP contribution in [0.3, 0.4) is 0 Å². The van der Waals surface area contributed by atoms with Crippen LogP contribution in [0.4, 0.5) is 15.2 Å². The summed E-state index contributed by atoms with van der Waals surface area (Å²) >= 11 is 15.1. The summed E-state index contributed by atoms with van der Waals surface area (Å²) in [4.78, 5) is 24.9. The van der Waals surface area contributed by atoms with Crippen molar-refractivity contribution in [2.24, 2.45) is 5.41 Å². The molecule has 44 heavy (non-hydrogen) atoms. The Hall–Kier alpha value is -3.51. The lowest BCUT2D eigenvalue weighted by Gasteiger charge is -2.53. The molecule has 1 amide bonds. The molecule has 0 radical (unpaired) electrons. The molecule has 1 unspecified atom stereocenters. The number of amides is 1. The van der Waals surface area contributed by atoms with Gasteiger partial charge in [-0.05, 0) is 49.7 Å². The van der Waals surface area contributed by atoms with E-state index in [1.807, 2.05) is 6.07 Å². The Morgan fingerprint density at radius 2 is 1.95 bits per heavy atom. The fourth-order valence-electron chi connectivity index (χ4n) is 6.88. The maximum atomic E-state index is 14.3. The number of benzene rings is 2. The number of rotatable bonds is 6. The van der Waals surface area contributed by atoms with Crippen LogP contribution >= 0.6 is 34.5 Å². The third-order valence-electron chi connectivity index (χ3n) is 9.19. The average molecular weight is 652 g/mol. The summed E-state index contributed by atoms with van der Waals surface area (Å²) in [6.45, 7) is 4.59. The number of anilines is 2. The topological polar surface area (TPSA) is 92.9 Å². The normalized spacial score (nSPS) is 19.7. The summed E-state index contributed by atoms with van der Waals surface area (Å²) in [5.41, 5.74) is 4.90. The van der Waals surface area contributed by atoms with Crippen LogP contribution in [0.2, 0.25) is 10.0 Å². The molecule has 2 N–H and O–H groups in total. The van der Waals surface area contributed by atoms with Crippen LogP contribution in [0, 0.1) is 5.41 Å². The van der Waals surface area contributed by atoms with Crippen molar-refractivity contribution >= 4 is 62.2 Å². The van der Waals surface area contributed by atoms with E-state index in [4.69, 9.17) is 28.3 Å². The molecule has 0 aliphatic carbocycles. The zero-order valence-corrected chi connectivity index (χ0v) is 26.0. The molecule has 2 fully saturated rings. The van der Waals surface area contributed by atoms with Gasteiger partial charge in [-0.25, -0.2) is 14.4 Å². The second-order valence-corrected chi connectivity index (χ2v) is 13.7. The zero-order valence-electron chi connectivity index (χ0n) is 23.6. The minimum absolute atomic E-state index is 0.175. The minimum Gasteiger partial charge on any atom is -0.370 e. The maximum Gasteiger partial charge on any atom is 0.257 e. The van der Waals surface area contributed by atoms with E-state index in [9.17, 15) is 9.18 Å². The van der Waals surface area contributed by atoms with Crippen molar-refractivity contribution in [3.05, 3.63) is 75.9 Å². The first-order valence-corrected chi connectivity index (χ1v) is 16.3. The Morgan fingerprint density at radius 1 is 1.16 bits per heavy atom. The lowest BCUT2D eigenvalue weighted by atomic mass is 9.72. The summed E-state index contributed by atoms with van der Waals surface area (Å²) in [7, 11) is 0. The largest absolute Gasteiger partial charge is 0.370 e. The number of nitrogens with one attached hydrogen (secondary N) is 2. The molecule has 9 nitrogen and oxygen atoms in total. The molecule has 2 saturated heterocycles. The zero-order chi connectivity index (χ0) is 30.0. The smallest absolute Gasteiger partial charge is 0.257 e. The van der Waals surface area contributed by atoms with Gasteiger partial charge in [-0.1, -0.05) is 35.3 Å². The van der Waals surface area contributed by atoms with E-state index in [0.29, 0.717) is 42.9 Å². The second kappa shape index (κ2) is 10.8. The molecule has 2 atom stereocenters. The molecule has 0 saturated carbocycles. The number of piperidine rings is 1. The molecule has 0 bridgehead atoms. The van der Waals surface area contributed by atoms with Crippen LogP contribution in [0.5, 0.6) is 0 Å². The van der Waals surface area contributed by atoms with Gasteiger partial charge in [-0.3, -0.25) is 14.8 Å². The van der Waals surface area contributed by atoms with E-state index < -0.39 is 18.1 Å². The number of hydrogen-bond donors (Lipinski definition) is 2. The Bertz CT molecular complexity index is 1860. The van der Waals surface area contributed by atoms with E-state index in [-0.39, 0.29) is 13.0 Å². The van der Waals surface area contributed by atoms with Gasteiger partial charge in [0, 0.05) is 65.0 Å². The Labute approximate surface area is 267 Å².